The van der Waals surface area contributed by atoms with Crippen molar-refractivity contribution in [1.82, 2.24) is 9.97 Å². The Morgan fingerprint density at radius 3 is 2.11 bits per heavy atom. The van der Waals surface area contributed by atoms with Crippen molar-refractivity contribution in [2.75, 3.05) is 0 Å². The van der Waals surface area contributed by atoms with Gasteiger partial charge in [-0.2, -0.15) is 0 Å². The van der Waals surface area contributed by atoms with E-state index in [0.29, 0.717) is 5.92 Å². The van der Waals surface area contributed by atoms with Crippen LogP contribution in [-0.4, -0.2) is 9.97 Å². The first-order valence-corrected chi connectivity index (χ1v) is 11.2. The zero-order chi connectivity index (χ0) is 18.9. The number of rotatable bonds is 9. The Balaban J connectivity index is 1.54. The van der Waals surface area contributed by atoms with Gasteiger partial charge in [0.2, 0.25) is 0 Å². The molecule has 2 heteroatoms. The average Bonchev–Trinajstić information content (AvgIpc) is 2.73. The van der Waals surface area contributed by atoms with Crippen molar-refractivity contribution in [3.05, 3.63) is 47.8 Å². The van der Waals surface area contributed by atoms with Crippen molar-refractivity contribution in [1.29, 1.82) is 0 Å². The van der Waals surface area contributed by atoms with E-state index in [-0.39, 0.29) is 0 Å². The minimum Gasteiger partial charge on any atom is -0.236 e. The van der Waals surface area contributed by atoms with Crippen LogP contribution in [0.2, 0.25) is 0 Å². The van der Waals surface area contributed by atoms with Gasteiger partial charge in [0.25, 0.3) is 0 Å². The molecule has 0 N–H and O–H groups in total. The van der Waals surface area contributed by atoms with Crippen molar-refractivity contribution in [2.45, 2.75) is 90.4 Å². The van der Waals surface area contributed by atoms with Gasteiger partial charge in [0.15, 0.2) is 5.82 Å². The van der Waals surface area contributed by atoms with Gasteiger partial charge in [-0.15, -0.1) is 0 Å². The Hall–Kier alpha value is -1.70. The van der Waals surface area contributed by atoms with Crippen LogP contribution in [0.5, 0.6) is 0 Å². The zero-order valence-electron chi connectivity index (χ0n) is 17.3. The van der Waals surface area contributed by atoms with Crippen molar-refractivity contribution in [3.63, 3.8) is 0 Å². The minimum atomic E-state index is 0.665. The van der Waals surface area contributed by atoms with E-state index >= 15 is 0 Å². The first kappa shape index (κ1) is 20.0. The lowest BCUT2D eigenvalue weighted by molar-refractivity contribution is 0.304. The third-order valence-electron chi connectivity index (χ3n) is 6.24. The van der Waals surface area contributed by atoms with E-state index in [1.165, 1.54) is 81.8 Å². The Labute approximate surface area is 165 Å². The zero-order valence-corrected chi connectivity index (χ0v) is 17.3. The second-order valence-electron chi connectivity index (χ2n) is 8.35. The molecule has 3 rings (SSSR count). The van der Waals surface area contributed by atoms with Crippen molar-refractivity contribution in [2.24, 2.45) is 5.92 Å². The average molecular weight is 365 g/mol. The second kappa shape index (κ2) is 10.6. The first-order chi connectivity index (χ1) is 13.3. The molecule has 1 heterocycles. The van der Waals surface area contributed by atoms with Crippen molar-refractivity contribution in [3.8, 4) is 11.4 Å². The van der Waals surface area contributed by atoms with Gasteiger partial charge in [-0.3, -0.25) is 0 Å². The van der Waals surface area contributed by atoms with Crippen molar-refractivity contribution >= 4 is 0 Å². The molecular weight excluding hydrogens is 328 g/mol. The van der Waals surface area contributed by atoms with E-state index in [0.717, 1.165) is 17.3 Å². The Kier molecular flexibility index (Phi) is 7.86. The largest absolute Gasteiger partial charge is 0.236 e. The van der Waals surface area contributed by atoms with Gasteiger partial charge in [0, 0.05) is 18.0 Å². The lowest BCUT2D eigenvalue weighted by Gasteiger charge is -2.28. The molecule has 0 bridgehead atoms. The summed E-state index contributed by atoms with van der Waals surface area (Å²) in [6.45, 7) is 4.55. The molecule has 0 aliphatic heterocycles. The summed E-state index contributed by atoms with van der Waals surface area (Å²) in [5, 5.41) is 0. The summed E-state index contributed by atoms with van der Waals surface area (Å²) in [6, 6.07) is 8.82. The normalized spacial score (nSPS) is 19.9. The van der Waals surface area contributed by atoms with Crippen LogP contribution in [0.15, 0.2) is 36.7 Å². The number of hydrogen-bond acceptors (Lipinski definition) is 2. The van der Waals surface area contributed by atoms with Gasteiger partial charge in [-0.05, 0) is 61.5 Å². The molecule has 0 saturated heterocycles. The number of aryl methyl sites for hydroxylation is 1. The predicted molar refractivity (Wildman–Crippen MR) is 115 cm³/mol. The molecule has 0 unspecified atom stereocenters. The highest BCUT2D eigenvalue weighted by Crippen LogP contribution is 2.37. The van der Waals surface area contributed by atoms with Gasteiger partial charge >= 0.3 is 0 Å². The highest BCUT2D eigenvalue weighted by molar-refractivity contribution is 5.55. The summed E-state index contributed by atoms with van der Waals surface area (Å²) in [7, 11) is 0. The molecule has 27 heavy (non-hydrogen) atoms. The molecule has 1 aromatic carbocycles. The lowest BCUT2D eigenvalue weighted by Crippen LogP contribution is -2.13. The van der Waals surface area contributed by atoms with Crippen LogP contribution in [0.4, 0.5) is 0 Å². The quantitative estimate of drug-likeness (QED) is 0.435. The van der Waals surface area contributed by atoms with Crippen LogP contribution in [0.25, 0.3) is 11.4 Å². The third-order valence-corrected chi connectivity index (χ3v) is 6.24. The number of aromatic nitrogens is 2. The monoisotopic (exact) mass is 364 g/mol. The molecule has 1 aromatic heterocycles. The van der Waals surface area contributed by atoms with E-state index in [2.05, 4.69) is 60.5 Å². The first-order valence-electron chi connectivity index (χ1n) is 11.2. The molecule has 0 amide bonds. The second-order valence-corrected chi connectivity index (χ2v) is 8.35. The molecule has 1 fully saturated rings. The van der Waals surface area contributed by atoms with E-state index in [1.54, 1.807) is 0 Å². The van der Waals surface area contributed by atoms with Crippen LogP contribution >= 0.6 is 0 Å². The molecule has 0 atom stereocenters. The van der Waals surface area contributed by atoms with Gasteiger partial charge < -0.3 is 0 Å². The molecule has 1 aliphatic rings. The summed E-state index contributed by atoms with van der Waals surface area (Å²) in [4.78, 5) is 9.37. The molecule has 146 valence electrons. The van der Waals surface area contributed by atoms with Gasteiger partial charge in [-0.25, -0.2) is 9.97 Å². The molecule has 2 nitrogen and oxygen atoms in total. The number of benzene rings is 1. The molecule has 1 aliphatic carbocycles. The summed E-state index contributed by atoms with van der Waals surface area (Å²) in [5.74, 6) is 2.48. The van der Waals surface area contributed by atoms with E-state index in [1.807, 2.05) is 0 Å². The molecule has 2 aromatic rings. The summed E-state index contributed by atoms with van der Waals surface area (Å²) < 4.78 is 0. The fourth-order valence-electron chi connectivity index (χ4n) is 4.37. The van der Waals surface area contributed by atoms with Crippen LogP contribution in [-0.2, 0) is 6.42 Å². The fourth-order valence-corrected chi connectivity index (χ4v) is 4.37. The van der Waals surface area contributed by atoms with Crippen LogP contribution in [0.1, 0.15) is 95.1 Å². The lowest BCUT2D eigenvalue weighted by atomic mass is 9.78. The third kappa shape index (κ3) is 5.89. The molecular formula is C25H36N2. The van der Waals surface area contributed by atoms with Gasteiger partial charge in [0.1, 0.15) is 0 Å². The van der Waals surface area contributed by atoms with Crippen LogP contribution in [0.3, 0.4) is 0 Å². The molecule has 0 radical (unpaired) electrons. The summed E-state index contributed by atoms with van der Waals surface area (Å²) >= 11 is 0. The van der Waals surface area contributed by atoms with E-state index in [4.69, 9.17) is 0 Å². The highest BCUT2D eigenvalue weighted by atomic mass is 14.9. The number of nitrogens with zero attached hydrogens (tertiary/aromatic N) is 2. The standard InChI is InChI=1S/C25H36N2/c1-3-5-7-9-21-12-16-23(17-13-21)25-26-18-24(19-27-25)22-14-10-20(11-15-22)8-6-4-2/h12-13,16-20,22H,3-11,14-15H2,1-2H3. The summed E-state index contributed by atoms with van der Waals surface area (Å²) in [5.41, 5.74) is 3.89. The van der Waals surface area contributed by atoms with E-state index < -0.39 is 0 Å². The fraction of sp³-hybridized carbons (Fsp3) is 0.600. The molecule has 1 saturated carbocycles. The van der Waals surface area contributed by atoms with Crippen LogP contribution in [0, 0.1) is 5.92 Å². The van der Waals surface area contributed by atoms with E-state index in [9.17, 15) is 0 Å². The van der Waals surface area contributed by atoms with Gasteiger partial charge in [0.05, 0.1) is 0 Å². The predicted octanol–water partition coefficient (Wildman–Crippen LogP) is 7.34. The topological polar surface area (TPSA) is 25.8 Å². The van der Waals surface area contributed by atoms with Crippen molar-refractivity contribution < 1.29 is 0 Å². The maximum Gasteiger partial charge on any atom is 0.159 e. The maximum atomic E-state index is 4.69. The number of hydrogen-bond donors (Lipinski definition) is 0. The Morgan fingerprint density at radius 1 is 0.815 bits per heavy atom. The Morgan fingerprint density at radius 2 is 1.48 bits per heavy atom. The van der Waals surface area contributed by atoms with Crippen LogP contribution < -0.4 is 0 Å². The van der Waals surface area contributed by atoms with Gasteiger partial charge in [-0.1, -0.05) is 70.2 Å². The molecule has 0 spiro atoms. The highest BCUT2D eigenvalue weighted by Gasteiger charge is 2.22. The Bertz CT molecular complexity index is 652. The maximum absolute atomic E-state index is 4.69. The summed E-state index contributed by atoms with van der Waals surface area (Å²) in [6.07, 6.45) is 18.7. The number of unbranched alkanes of at least 4 members (excludes halogenated alkanes) is 3. The SMILES string of the molecule is CCCCCc1ccc(-c2ncc(C3CCC(CCCC)CC3)cn2)cc1. The smallest absolute Gasteiger partial charge is 0.159 e. The minimum absolute atomic E-state index is 0.665.